The van der Waals surface area contributed by atoms with Crippen LogP contribution in [0.25, 0.3) is 10.9 Å². The predicted molar refractivity (Wildman–Crippen MR) is 116 cm³/mol. The third kappa shape index (κ3) is 5.24. The maximum Gasteiger partial charge on any atom is 0.121 e. The zero-order chi connectivity index (χ0) is 21.4. The van der Waals surface area contributed by atoms with Crippen LogP contribution in [-0.4, -0.2) is 28.3 Å². The van der Waals surface area contributed by atoms with Gasteiger partial charge in [-0.1, -0.05) is 24.1 Å². The molecule has 3 rings (SSSR count). The van der Waals surface area contributed by atoms with Crippen LogP contribution in [0.3, 0.4) is 0 Å². The summed E-state index contributed by atoms with van der Waals surface area (Å²) in [6.07, 6.45) is 6.68. The highest BCUT2D eigenvalue weighted by Gasteiger charge is 2.11. The summed E-state index contributed by atoms with van der Waals surface area (Å²) >= 11 is 0. The molecule has 0 radical (unpaired) electrons. The van der Waals surface area contributed by atoms with Gasteiger partial charge in [0.15, 0.2) is 0 Å². The number of terminal acetylenes is 1. The second kappa shape index (κ2) is 10.4. The van der Waals surface area contributed by atoms with Crippen LogP contribution in [0.1, 0.15) is 49.0 Å². The lowest BCUT2D eigenvalue weighted by atomic mass is 9.97. The Hall–Kier alpha value is -3.10. The summed E-state index contributed by atoms with van der Waals surface area (Å²) in [5.41, 5.74) is 4.22. The first-order valence-corrected chi connectivity index (χ1v) is 9.58. The molecule has 0 saturated carbocycles. The smallest absolute Gasteiger partial charge is 0.121 e. The van der Waals surface area contributed by atoms with Crippen molar-refractivity contribution >= 4 is 17.2 Å². The molecule has 2 aromatic carbocycles. The molecule has 0 saturated heterocycles. The number of nitrogens with zero attached hydrogens (tertiary/aromatic N) is 2. The molecule has 0 fully saturated rings. The van der Waals surface area contributed by atoms with Gasteiger partial charge in [0.25, 0.3) is 0 Å². The summed E-state index contributed by atoms with van der Waals surface area (Å²) in [6.45, 7) is 6.78. The van der Waals surface area contributed by atoms with E-state index in [0.29, 0.717) is 19.1 Å². The molecule has 1 N–H and O–H groups in total. The van der Waals surface area contributed by atoms with Crippen LogP contribution in [0.4, 0.5) is 0 Å². The Morgan fingerprint density at radius 1 is 1.21 bits per heavy atom. The van der Waals surface area contributed by atoms with Crippen molar-refractivity contribution in [1.82, 2.24) is 9.78 Å². The number of carbonyl (C=O) groups is 1. The third-order valence-corrected chi connectivity index (χ3v) is 4.67. The number of aryl methyl sites for hydroxylation is 1. The first-order valence-electron chi connectivity index (χ1n) is 9.58. The predicted octanol–water partition coefficient (Wildman–Crippen LogP) is 4.42. The van der Waals surface area contributed by atoms with Gasteiger partial charge in [0.05, 0.1) is 17.1 Å². The van der Waals surface area contributed by atoms with Crippen LogP contribution in [0.5, 0.6) is 5.75 Å². The highest BCUT2D eigenvalue weighted by atomic mass is 16.5. The van der Waals surface area contributed by atoms with Crippen molar-refractivity contribution in [2.45, 2.75) is 45.8 Å². The molecule has 1 aromatic heterocycles. The molecule has 5 nitrogen and oxygen atoms in total. The topological polar surface area (TPSA) is 64.3 Å². The number of benzene rings is 2. The first kappa shape index (κ1) is 22.2. The zero-order valence-corrected chi connectivity index (χ0v) is 17.4. The Bertz CT molecular complexity index is 982. The number of aliphatic hydroxyl groups excluding tert-OH is 1. The maximum absolute atomic E-state index is 10.7. The molecular weight excluding hydrogens is 364 g/mol. The number of aromatic nitrogens is 2. The number of fused-ring (bicyclic) bond motifs is 1. The minimum atomic E-state index is -0.181. The molecule has 3 aromatic rings. The number of aliphatic hydroxyl groups is 1. The van der Waals surface area contributed by atoms with E-state index in [0.717, 1.165) is 46.9 Å². The molecule has 5 heteroatoms. The van der Waals surface area contributed by atoms with Crippen LogP contribution >= 0.6 is 0 Å². The summed E-state index contributed by atoms with van der Waals surface area (Å²) in [4.78, 5) is 10.7. The van der Waals surface area contributed by atoms with Gasteiger partial charge in [-0.2, -0.15) is 5.10 Å². The lowest BCUT2D eigenvalue weighted by molar-refractivity contribution is -0.107. The van der Waals surface area contributed by atoms with E-state index in [2.05, 4.69) is 47.7 Å². The lowest BCUT2D eigenvalue weighted by Crippen LogP contribution is -2.02. The first-order chi connectivity index (χ1) is 14.0. The summed E-state index contributed by atoms with van der Waals surface area (Å²) in [5.74, 6) is 3.24. The van der Waals surface area contributed by atoms with E-state index in [1.165, 1.54) is 0 Å². The number of aldehydes is 1. The summed E-state index contributed by atoms with van der Waals surface area (Å²) in [7, 11) is 1.00. The Morgan fingerprint density at radius 3 is 2.48 bits per heavy atom. The van der Waals surface area contributed by atoms with Gasteiger partial charge in [0.1, 0.15) is 18.6 Å². The maximum atomic E-state index is 10.7. The highest BCUT2D eigenvalue weighted by molar-refractivity contribution is 5.82. The summed E-state index contributed by atoms with van der Waals surface area (Å²) in [6, 6.07) is 14.3. The molecule has 0 aliphatic carbocycles. The third-order valence-electron chi connectivity index (χ3n) is 4.67. The van der Waals surface area contributed by atoms with Crippen molar-refractivity contribution < 1.29 is 14.6 Å². The molecule has 0 bridgehead atoms. The van der Waals surface area contributed by atoms with Gasteiger partial charge in [-0.05, 0) is 56.2 Å². The quantitative estimate of drug-likeness (QED) is 0.478. The standard InChI is InChI=1S/C23H24N2O2.CH4O/c1-5-19(12-13-26)20-7-9-21(10-8-20)27-15-18-6-11-23-22(14-18)17(4)24-25(23)16(2)3;1-2/h1,6-11,13-14,16,19H,12,15H2,2-4H3;2H,1H3/t19-;/m0./s1. The van der Waals surface area contributed by atoms with Gasteiger partial charge in [-0.3, -0.25) is 4.68 Å². The lowest BCUT2D eigenvalue weighted by Gasteiger charge is -2.11. The summed E-state index contributed by atoms with van der Waals surface area (Å²) < 4.78 is 7.97. The number of carbonyl (C=O) groups excluding carboxylic acids is 1. The number of rotatable bonds is 7. The Labute approximate surface area is 172 Å². The Balaban J connectivity index is 0.00000145. The molecule has 152 valence electrons. The van der Waals surface area contributed by atoms with Gasteiger partial charge >= 0.3 is 0 Å². The average Bonchev–Trinajstić information content (AvgIpc) is 3.09. The molecule has 0 aliphatic heterocycles. The van der Waals surface area contributed by atoms with E-state index in [9.17, 15) is 4.79 Å². The van der Waals surface area contributed by atoms with E-state index in [1.807, 2.05) is 31.2 Å². The van der Waals surface area contributed by atoms with Crippen molar-refractivity contribution in [3.8, 4) is 18.1 Å². The van der Waals surface area contributed by atoms with E-state index < -0.39 is 0 Å². The van der Waals surface area contributed by atoms with Gasteiger partial charge in [0.2, 0.25) is 0 Å². The molecular formula is C24H28N2O3. The van der Waals surface area contributed by atoms with Crippen LogP contribution in [0.15, 0.2) is 42.5 Å². The largest absolute Gasteiger partial charge is 0.489 e. The Morgan fingerprint density at radius 2 is 1.90 bits per heavy atom. The normalized spacial score (nSPS) is 11.5. The fourth-order valence-corrected chi connectivity index (χ4v) is 3.19. The minimum absolute atomic E-state index is 0.181. The van der Waals surface area contributed by atoms with Crippen molar-refractivity contribution in [2.24, 2.45) is 0 Å². The Kier molecular flexibility index (Phi) is 7.99. The highest BCUT2D eigenvalue weighted by Crippen LogP contribution is 2.25. The fourth-order valence-electron chi connectivity index (χ4n) is 3.19. The molecule has 1 atom stereocenters. The molecule has 0 unspecified atom stereocenters. The number of hydrogen-bond donors (Lipinski definition) is 1. The molecule has 1 heterocycles. The molecule has 0 aliphatic rings. The van der Waals surface area contributed by atoms with Crippen LogP contribution in [0.2, 0.25) is 0 Å². The van der Waals surface area contributed by atoms with E-state index in [-0.39, 0.29) is 5.92 Å². The van der Waals surface area contributed by atoms with Gasteiger partial charge in [-0.25, -0.2) is 0 Å². The van der Waals surface area contributed by atoms with Crippen LogP contribution in [0, 0.1) is 19.3 Å². The van der Waals surface area contributed by atoms with Gasteiger partial charge in [-0.15, -0.1) is 6.42 Å². The van der Waals surface area contributed by atoms with E-state index in [4.69, 9.17) is 16.3 Å². The van der Waals surface area contributed by atoms with Crippen molar-refractivity contribution in [3.63, 3.8) is 0 Å². The van der Waals surface area contributed by atoms with Crippen LogP contribution in [-0.2, 0) is 11.4 Å². The average molecular weight is 392 g/mol. The minimum Gasteiger partial charge on any atom is -0.489 e. The second-order valence-corrected chi connectivity index (χ2v) is 6.95. The monoisotopic (exact) mass is 392 g/mol. The van der Waals surface area contributed by atoms with E-state index in [1.54, 1.807) is 0 Å². The molecule has 29 heavy (non-hydrogen) atoms. The fraction of sp³-hybridized carbons (Fsp3) is 0.333. The van der Waals surface area contributed by atoms with Crippen molar-refractivity contribution in [3.05, 3.63) is 59.3 Å². The molecule has 0 amide bonds. The van der Waals surface area contributed by atoms with Gasteiger partial charge in [0, 0.05) is 25.0 Å². The second-order valence-electron chi connectivity index (χ2n) is 6.95. The zero-order valence-electron chi connectivity index (χ0n) is 17.4. The van der Waals surface area contributed by atoms with Crippen molar-refractivity contribution in [1.29, 1.82) is 0 Å². The summed E-state index contributed by atoms with van der Waals surface area (Å²) in [5, 5.41) is 12.8. The number of ether oxygens (including phenoxy) is 1. The SMILES string of the molecule is C#C[C@@H](CC=O)c1ccc(OCc2ccc3c(c2)c(C)nn3C(C)C)cc1.CO. The van der Waals surface area contributed by atoms with Gasteiger partial charge < -0.3 is 14.6 Å². The van der Waals surface area contributed by atoms with Crippen LogP contribution < -0.4 is 4.74 Å². The molecule has 0 spiro atoms. The van der Waals surface area contributed by atoms with Crippen molar-refractivity contribution in [2.75, 3.05) is 7.11 Å². The van der Waals surface area contributed by atoms with E-state index >= 15 is 0 Å². The number of hydrogen-bond acceptors (Lipinski definition) is 4.